The lowest BCUT2D eigenvalue weighted by Crippen LogP contribution is -2.17. The van der Waals surface area contributed by atoms with Crippen molar-refractivity contribution in [1.29, 1.82) is 0 Å². The molecule has 0 unspecified atom stereocenters. The van der Waals surface area contributed by atoms with Crippen molar-refractivity contribution in [2.75, 3.05) is 20.3 Å². The molecule has 0 amide bonds. The van der Waals surface area contributed by atoms with E-state index in [4.69, 9.17) is 32.7 Å². The molecular formula is C18H20BrCl2NO2. The Morgan fingerprint density at radius 3 is 2.58 bits per heavy atom. The molecule has 0 aliphatic rings. The minimum atomic E-state index is 0.589. The molecule has 0 atom stereocenters. The number of hydrogen-bond acceptors (Lipinski definition) is 3. The fraction of sp³-hybridized carbons (Fsp3) is 0.333. The number of nitrogens with one attached hydrogen (secondary N) is 1. The van der Waals surface area contributed by atoms with Crippen LogP contribution >= 0.6 is 39.1 Å². The molecule has 0 fully saturated rings. The van der Waals surface area contributed by atoms with Crippen LogP contribution in [0.1, 0.15) is 18.1 Å². The summed E-state index contributed by atoms with van der Waals surface area (Å²) >= 11 is 15.6. The molecule has 0 aliphatic heterocycles. The first-order valence-electron chi connectivity index (χ1n) is 7.69. The van der Waals surface area contributed by atoms with E-state index in [9.17, 15) is 0 Å². The molecule has 0 aromatic heterocycles. The summed E-state index contributed by atoms with van der Waals surface area (Å²) in [7, 11) is 1.64. The highest BCUT2D eigenvalue weighted by molar-refractivity contribution is 9.10. The summed E-state index contributed by atoms with van der Waals surface area (Å²) in [6.45, 7) is 4.02. The van der Waals surface area contributed by atoms with E-state index >= 15 is 0 Å². The fourth-order valence-corrected chi connectivity index (χ4v) is 3.37. The van der Waals surface area contributed by atoms with Gasteiger partial charge in [0.2, 0.25) is 0 Å². The van der Waals surface area contributed by atoms with Gasteiger partial charge in [-0.15, -0.1) is 0 Å². The minimum absolute atomic E-state index is 0.589. The molecule has 3 nitrogen and oxygen atoms in total. The zero-order valence-corrected chi connectivity index (χ0v) is 16.8. The zero-order chi connectivity index (χ0) is 17.5. The van der Waals surface area contributed by atoms with Gasteiger partial charge in [-0.1, -0.05) is 45.2 Å². The minimum Gasteiger partial charge on any atom is -0.493 e. The summed E-state index contributed by atoms with van der Waals surface area (Å²) in [5.41, 5.74) is 2.12. The van der Waals surface area contributed by atoms with E-state index in [-0.39, 0.29) is 0 Å². The van der Waals surface area contributed by atoms with Crippen molar-refractivity contribution in [3.63, 3.8) is 0 Å². The van der Waals surface area contributed by atoms with Gasteiger partial charge in [0.05, 0.1) is 13.7 Å². The van der Waals surface area contributed by atoms with Crippen molar-refractivity contribution in [3.8, 4) is 11.5 Å². The van der Waals surface area contributed by atoms with E-state index in [1.54, 1.807) is 13.2 Å². The topological polar surface area (TPSA) is 30.5 Å². The molecule has 0 saturated heterocycles. The molecular weight excluding hydrogens is 413 g/mol. The third-order valence-corrected chi connectivity index (χ3v) is 4.55. The van der Waals surface area contributed by atoms with Crippen LogP contribution in [0.3, 0.4) is 0 Å². The second-order valence-electron chi connectivity index (χ2n) is 5.19. The molecule has 1 N–H and O–H groups in total. The van der Waals surface area contributed by atoms with Crippen molar-refractivity contribution in [1.82, 2.24) is 5.32 Å². The molecule has 0 heterocycles. The summed E-state index contributed by atoms with van der Waals surface area (Å²) in [6, 6.07) is 9.53. The maximum Gasteiger partial charge on any atom is 0.165 e. The van der Waals surface area contributed by atoms with Crippen LogP contribution in [0, 0.1) is 0 Å². The van der Waals surface area contributed by atoms with Gasteiger partial charge < -0.3 is 14.8 Å². The predicted molar refractivity (Wildman–Crippen MR) is 104 cm³/mol. The van der Waals surface area contributed by atoms with E-state index in [1.165, 1.54) is 0 Å². The second kappa shape index (κ2) is 9.52. The van der Waals surface area contributed by atoms with Crippen molar-refractivity contribution in [2.24, 2.45) is 0 Å². The predicted octanol–water partition coefficient (Wildman–Crippen LogP) is 5.50. The Kier molecular flexibility index (Phi) is 7.69. The van der Waals surface area contributed by atoms with Gasteiger partial charge in [0.1, 0.15) is 0 Å². The van der Waals surface area contributed by atoms with E-state index in [0.717, 1.165) is 40.1 Å². The molecule has 0 bridgehead atoms. The largest absolute Gasteiger partial charge is 0.493 e. The molecule has 2 aromatic carbocycles. The van der Waals surface area contributed by atoms with Gasteiger partial charge in [-0.2, -0.15) is 0 Å². The van der Waals surface area contributed by atoms with Crippen LogP contribution in [-0.2, 0) is 13.0 Å². The van der Waals surface area contributed by atoms with Gasteiger partial charge in [0.15, 0.2) is 11.5 Å². The standard InChI is InChI=1S/C18H20BrCl2NO2/c1-3-24-18-13(8-14(19)9-17(18)23-2)11-22-7-6-12-4-5-15(20)10-16(12)21/h4-5,8-10,22H,3,6-7,11H2,1-2H3. The first kappa shape index (κ1) is 19.4. The molecule has 0 aliphatic carbocycles. The average molecular weight is 433 g/mol. The Hall–Kier alpha value is -0.940. The first-order chi connectivity index (χ1) is 11.5. The monoisotopic (exact) mass is 431 g/mol. The Balaban J connectivity index is 1.99. The lowest BCUT2D eigenvalue weighted by Gasteiger charge is -2.15. The lowest BCUT2D eigenvalue weighted by molar-refractivity contribution is 0.306. The quantitative estimate of drug-likeness (QED) is 0.559. The van der Waals surface area contributed by atoms with Crippen LogP contribution in [0.2, 0.25) is 10.0 Å². The fourth-order valence-electron chi connectivity index (χ4n) is 2.38. The molecule has 6 heteroatoms. The Morgan fingerprint density at radius 1 is 1.12 bits per heavy atom. The zero-order valence-electron chi connectivity index (χ0n) is 13.7. The lowest BCUT2D eigenvalue weighted by atomic mass is 10.1. The summed E-state index contributed by atoms with van der Waals surface area (Å²) < 4.78 is 12.1. The Labute approximate surface area is 161 Å². The summed E-state index contributed by atoms with van der Waals surface area (Å²) in [5.74, 6) is 1.50. The van der Waals surface area contributed by atoms with E-state index < -0.39 is 0 Å². The number of benzene rings is 2. The van der Waals surface area contributed by atoms with Gasteiger partial charge in [-0.25, -0.2) is 0 Å². The third-order valence-electron chi connectivity index (χ3n) is 3.51. The second-order valence-corrected chi connectivity index (χ2v) is 6.95. The smallest absolute Gasteiger partial charge is 0.165 e. The summed E-state index contributed by atoms with van der Waals surface area (Å²) in [6.07, 6.45) is 0.825. The number of methoxy groups -OCH3 is 1. The normalized spacial score (nSPS) is 10.7. The molecule has 2 rings (SSSR count). The highest BCUT2D eigenvalue weighted by atomic mass is 79.9. The van der Waals surface area contributed by atoms with Crippen LogP contribution in [-0.4, -0.2) is 20.3 Å². The van der Waals surface area contributed by atoms with Crippen molar-refractivity contribution in [3.05, 3.63) is 56.0 Å². The molecule has 0 radical (unpaired) electrons. The summed E-state index contributed by atoms with van der Waals surface area (Å²) in [4.78, 5) is 0. The van der Waals surface area contributed by atoms with Gasteiger partial charge in [0, 0.05) is 26.6 Å². The third kappa shape index (κ3) is 5.28. The SMILES string of the molecule is CCOc1c(CNCCc2ccc(Cl)cc2Cl)cc(Br)cc1OC. The Bertz CT molecular complexity index is 695. The van der Waals surface area contributed by atoms with Crippen LogP contribution < -0.4 is 14.8 Å². The molecule has 0 spiro atoms. The van der Waals surface area contributed by atoms with E-state index in [1.807, 2.05) is 31.2 Å². The number of halogens is 3. The number of hydrogen-bond donors (Lipinski definition) is 1. The van der Waals surface area contributed by atoms with Crippen LogP contribution in [0.4, 0.5) is 0 Å². The maximum absolute atomic E-state index is 6.20. The molecule has 130 valence electrons. The van der Waals surface area contributed by atoms with Crippen molar-refractivity contribution < 1.29 is 9.47 Å². The first-order valence-corrected chi connectivity index (χ1v) is 9.24. The highest BCUT2D eigenvalue weighted by Crippen LogP contribution is 2.34. The molecule has 24 heavy (non-hydrogen) atoms. The van der Waals surface area contributed by atoms with E-state index in [2.05, 4.69) is 21.2 Å². The highest BCUT2D eigenvalue weighted by Gasteiger charge is 2.12. The van der Waals surface area contributed by atoms with Gasteiger partial charge in [-0.3, -0.25) is 0 Å². The van der Waals surface area contributed by atoms with Crippen LogP contribution in [0.5, 0.6) is 11.5 Å². The number of ether oxygens (including phenoxy) is 2. The summed E-state index contributed by atoms with van der Waals surface area (Å²) in [5, 5.41) is 4.77. The molecule has 0 saturated carbocycles. The average Bonchev–Trinajstić information content (AvgIpc) is 2.55. The van der Waals surface area contributed by atoms with Crippen LogP contribution in [0.25, 0.3) is 0 Å². The van der Waals surface area contributed by atoms with Crippen LogP contribution in [0.15, 0.2) is 34.8 Å². The molecule has 2 aromatic rings. The van der Waals surface area contributed by atoms with Crippen molar-refractivity contribution >= 4 is 39.1 Å². The number of rotatable bonds is 8. The maximum atomic E-state index is 6.20. The Morgan fingerprint density at radius 2 is 1.92 bits per heavy atom. The van der Waals surface area contributed by atoms with Gasteiger partial charge in [-0.05, 0) is 49.7 Å². The van der Waals surface area contributed by atoms with E-state index in [0.29, 0.717) is 23.2 Å². The van der Waals surface area contributed by atoms with Crippen molar-refractivity contribution in [2.45, 2.75) is 19.9 Å². The van der Waals surface area contributed by atoms with Gasteiger partial charge in [0.25, 0.3) is 0 Å². The van der Waals surface area contributed by atoms with Gasteiger partial charge >= 0.3 is 0 Å².